The summed E-state index contributed by atoms with van der Waals surface area (Å²) in [5.41, 5.74) is 3.09. The lowest BCUT2D eigenvalue weighted by Gasteiger charge is -2.13. The van der Waals surface area contributed by atoms with Crippen LogP contribution in [0.2, 0.25) is 0 Å². The Labute approximate surface area is 149 Å². The molecular formula is C18H17N3O3S. The molecule has 0 spiro atoms. The second-order valence-electron chi connectivity index (χ2n) is 5.77. The number of rotatable bonds is 5. The Balaban J connectivity index is 1.47. The van der Waals surface area contributed by atoms with Crippen LogP contribution >= 0.6 is 11.3 Å². The predicted molar refractivity (Wildman–Crippen MR) is 96.0 cm³/mol. The van der Waals surface area contributed by atoms with Crippen LogP contribution in [0.15, 0.2) is 36.7 Å². The van der Waals surface area contributed by atoms with E-state index in [1.807, 2.05) is 31.3 Å². The first-order chi connectivity index (χ1) is 12.2. The maximum atomic E-state index is 11.4. The minimum absolute atomic E-state index is 0.274. The topological polar surface area (TPSA) is 64.6 Å². The van der Waals surface area contributed by atoms with E-state index in [4.69, 9.17) is 9.47 Å². The molecule has 0 aliphatic carbocycles. The van der Waals surface area contributed by atoms with Crippen molar-refractivity contribution < 1.29 is 14.3 Å². The Morgan fingerprint density at radius 2 is 2.20 bits per heavy atom. The van der Waals surface area contributed by atoms with E-state index in [2.05, 4.69) is 16.0 Å². The number of thiazole rings is 1. The van der Waals surface area contributed by atoms with Gasteiger partial charge in [0.05, 0.1) is 34.5 Å². The smallest absolute Gasteiger partial charge is 0.410 e. The maximum absolute atomic E-state index is 11.4. The Morgan fingerprint density at radius 3 is 3.04 bits per heavy atom. The first-order valence-corrected chi connectivity index (χ1v) is 8.88. The zero-order chi connectivity index (χ0) is 17.2. The van der Waals surface area contributed by atoms with Crippen LogP contribution in [0, 0.1) is 6.92 Å². The van der Waals surface area contributed by atoms with Crippen LogP contribution in [0.25, 0.3) is 21.3 Å². The molecule has 7 heteroatoms. The fourth-order valence-corrected chi connectivity index (χ4v) is 3.64. The molecule has 1 amide bonds. The van der Waals surface area contributed by atoms with Crippen molar-refractivity contribution in [3.05, 3.63) is 41.7 Å². The van der Waals surface area contributed by atoms with E-state index in [0.29, 0.717) is 32.1 Å². The monoisotopic (exact) mass is 355 g/mol. The van der Waals surface area contributed by atoms with Gasteiger partial charge < -0.3 is 14.4 Å². The lowest BCUT2D eigenvalue weighted by molar-refractivity contribution is 0.153. The number of fused-ring (bicyclic) bond motifs is 1. The molecule has 0 N–H and O–H groups in total. The van der Waals surface area contributed by atoms with Crippen molar-refractivity contribution in [3.63, 3.8) is 0 Å². The van der Waals surface area contributed by atoms with Crippen LogP contribution in [0.5, 0.6) is 5.75 Å². The summed E-state index contributed by atoms with van der Waals surface area (Å²) in [6.45, 7) is 4.00. The summed E-state index contributed by atoms with van der Waals surface area (Å²) in [5.74, 6) is 0.686. The van der Waals surface area contributed by atoms with Gasteiger partial charge in [-0.25, -0.2) is 9.78 Å². The standard InChI is InChI=1S/C18H17N3O3S/c1-12-20-16-3-2-13(9-17(16)25-12)14-8-15(11-19-10-14)23-6-4-21-5-7-24-18(21)22/h2-3,8-11H,4-7H2,1H3. The van der Waals surface area contributed by atoms with Gasteiger partial charge in [-0.15, -0.1) is 11.3 Å². The quantitative estimate of drug-likeness (QED) is 0.701. The van der Waals surface area contributed by atoms with E-state index in [1.54, 1.807) is 22.4 Å². The second-order valence-corrected chi connectivity index (χ2v) is 7.01. The molecule has 1 aliphatic heterocycles. The molecule has 128 valence electrons. The second kappa shape index (κ2) is 6.68. The third kappa shape index (κ3) is 3.41. The average molecular weight is 355 g/mol. The average Bonchev–Trinajstić information content (AvgIpc) is 3.19. The SMILES string of the molecule is Cc1nc2ccc(-c3cncc(OCCN4CCOC4=O)c3)cc2s1. The number of ether oxygens (including phenoxy) is 2. The fraction of sp³-hybridized carbons (Fsp3) is 0.278. The number of carbonyl (C=O) groups excluding carboxylic acids is 1. The van der Waals surface area contributed by atoms with Crippen molar-refractivity contribution in [1.82, 2.24) is 14.9 Å². The minimum Gasteiger partial charge on any atom is -0.490 e. The molecule has 1 saturated heterocycles. The number of hydrogen-bond acceptors (Lipinski definition) is 6. The van der Waals surface area contributed by atoms with Gasteiger partial charge >= 0.3 is 6.09 Å². The first-order valence-electron chi connectivity index (χ1n) is 8.06. The van der Waals surface area contributed by atoms with Gasteiger partial charge in [-0.1, -0.05) is 6.07 Å². The molecule has 3 heterocycles. The molecule has 2 aromatic heterocycles. The highest BCUT2D eigenvalue weighted by atomic mass is 32.1. The number of cyclic esters (lactones) is 1. The number of benzene rings is 1. The van der Waals surface area contributed by atoms with E-state index in [9.17, 15) is 4.79 Å². The number of amides is 1. The van der Waals surface area contributed by atoms with Crippen LogP contribution in [-0.2, 0) is 4.74 Å². The maximum Gasteiger partial charge on any atom is 0.410 e. The zero-order valence-electron chi connectivity index (χ0n) is 13.8. The number of hydrogen-bond donors (Lipinski definition) is 0. The molecule has 0 saturated carbocycles. The summed E-state index contributed by atoms with van der Waals surface area (Å²) in [4.78, 5) is 21.8. The van der Waals surface area contributed by atoms with E-state index in [1.165, 1.54) is 0 Å². The number of aryl methyl sites for hydroxylation is 1. The zero-order valence-corrected chi connectivity index (χ0v) is 14.6. The number of nitrogens with zero attached hydrogens (tertiary/aromatic N) is 3. The van der Waals surface area contributed by atoms with Crippen molar-refractivity contribution in [1.29, 1.82) is 0 Å². The van der Waals surface area contributed by atoms with Gasteiger partial charge in [-0.05, 0) is 30.7 Å². The minimum atomic E-state index is -0.274. The summed E-state index contributed by atoms with van der Waals surface area (Å²) < 4.78 is 11.8. The fourth-order valence-electron chi connectivity index (χ4n) is 2.78. The van der Waals surface area contributed by atoms with Gasteiger partial charge in [0, 0.05) is 11.8 Å². The van der Waals surface area contributed by atoms with Gasteiger partial charge in [-0.3, -0.25) is 4.98 Å². The van der Waals surface area contributed by atoms with Gasteiger partial charge in [0.15, 0.2) is 0 Å². The van der Waals surface area contributed by atoms with Gasteiger partial charge in [0.2, 0.25) is 0 Å². The van der Waals surface area contributed by atoms with Crippen LogP contribution in [-0.4, -0.2) is 47.3 Å². The first kappa shape index (κ1) is 15.8. The molecule has 0 radical (unpaired) electrons. The van der Waals surface area contributed by atoms with Crippen LogP contribution in [0.1, 0.15) is 5.01 Å². The summed E-state index contributed by atoms with van der Waals surface area (Å²) in [7, 11) is 0. The van der Waals surface area contributed by atoms with Gasteiger partial charge in [0.1, 0.15) is 19.0 Å². The predicted octanol–water partition coefficient (Wildman–Crippen LogP) is 3.50. The van der Waals surface area contributed by atoms with Crippen molar-refractivity contribution in [3.8, 4) is 16.9 Å². The third-order valence-corrected chi connectivity index (χ3v) is 4.95. The van der Waals surface area contributed by atoms with Crippen molar-refractivity contribution in [2.45, 2.75) is 6.92 Å². The third-order valence-electron chi connectivity index (χ3n) is 4.02. The van der Waals surface area contributed by atoms with Crippen LogP contribution in [0.4, 0.5) is 4.79 Å². The van der Waals surface area contributed by atoms with Gasteiger partial charge in [0.25, 0.3) is 0 Å². The highest BCUT2D eigenvalue weighted by molar-refractivity contribution is 7.18. The Hall–Kier alpha value is -2.67. The van der Waals surface area contributed by atoms with Crippen LogP contribution < -0.4 is 4.74 Å². The van der Waals surface area contributed by atoms with Crippen molar-refractivity contribution in [2.75, 3.05) is 26.3 Å². The largest absolute Gasteiger partial charge is 0.490 e. The Bertz CT molecular complexity index is 925. The summed E-state index contributed by atoms with van der Waals surface area (Å²) >= 11 is 1.68. The summed E-state index contributed by atoms with van der Waals surface area (Å²) in [6, 6.07) is 8.16. The molecule has 4 rings (SSSR count). The molecular weight excluding hydrogens is 338 g/mol. The Kier molecular flexibility index (Phi) is 4.23. The lowest BCUT2D eigenvalue weighted by Crippen LogP contribution is -2.29. The molecule has 3 aromatic rings. The normalized spacial score (nSPS) is 14.1. The number of pyridine rings is 1. The number of aromatic nitrogens is 2. The lowest BCUT2D eigenvalue weighted by atomic mass is 10.1. The summed E-state index contributed by atoms with van der Waals surface area (Å²) in [6.07, 6.45) is 3.23. The van der Waals surface area contributed by atoms with E-state index < -0.39 is 0 Å². The molecule has 0 unspecified atom stereocenters. The molecule has 0 bridgehead atoms. The van der Waals surface area contributed by atoms with E-state index in [0.717, 1.165) is 26.4 Å². The molecule has 1 aliphatic rings. The number of carbonyl (C=O) groups is 1. The highest BCUT2D eigenvalue weighted by Gasteiger charge is 2.21. The Morgan fingerprint density at radius 1 is 1.28 bits per heavy atom. The van der Waals surface area contributed by atoms with E-state index >= 15 is 0 Å². The highest BCUT2D eigenvalue weighted by Crippen LogP contribution is 2.29. The summed E-state index contributed by atoms with van der Waals surface area (Å²) in [5, 5.41) is 1.06. The molecule has 1 aromatic carbocycles. The van der Waals surface area contributed by atoms with E-state index in [-0.39, 0.29) is 6.09 Å². The van der Waals surface area contributed by atoms with Crippen LogP contribution in [0.3, 0.4) is 0 Å². The molecule has 6 nitrogen and oxygen atoms in total. The molecule has 25 heavy (non-hydrogen) atoms. The van der Waals surface area contributed by atoms with Crippen molar-refractivity contribution >= 4 is 27.6 Å². The molecule has 0 atom stereocenters. The van der Waals surface area contributed by atoms with Gasteiger partial charge in [-0.2, -0.15) is 0 Å². The molecule has 1 fully saturated rings. The van der Waals surface area contributed by atoms with Crippen molar-refractivity contribution in [2.24, 2.45) is 0 Å².